The molecule has 0 aliphatic carbocycles. The van der Waals surface area contributed by atoms with E-state index in [1.165, 1.54) is 11.3 Å². The third kappa shape index (κ3) is 5.33. The molecule has 2 aromatic carbocycles. The van der Waals surface area contributed by atoms with Gasteiger partial charge in [0.1, 0.15) is 6.54 Å². The van der Waals surface area contributed by atoms with Gasteiger partial charge in [0.2, 0.25) is 5.91 Å². The summed E-state index contributed by atoms with van der Waals surface area (Å²) in [6.45, 7) is 9.67. The van der Waals surface area contributed by atoms with Crippen molar-refractivity contribution in [1.29, 1.82) is 0 Å². The molecule has 1 saturated heterocycles. The summed E-state index contributed by atoms with van der Waals surface area (Å²) in [4.78, 5) is 16.0. The van der Waals surface area contributed by atoms with Gasteiger partial charge < -0.3 is 15.1 Å². The van der Waals surface area contributed by atoms with Crippen molar-refractivity contribution in [3.05, 3.63) is 60.2 Å². The number of benzene rings is 2. The highest BCUT2D eigenvalue weighted by molar-refractivity contribution is 5.91. The number of nitrogens with zero attached hydrogens (tertiary/aromatic N) is 1. The molecule has 2 N–H and O–H groups in total. The molecule has 0 aromatic heterocycles. The van der Waals surface area contributed by atoms with Gasteiger partial charge in [-0.3, -0.25) is 4.79 Å². The molecule has 0 radical (unpaired) electrons. The Hall–Kier alpha value is -2.33. The van der Waals surface area contributed by atoms with E-state index in [1.54, 1.807) is 4.90 Å². The Bertz CT molecular complexity index is 689. The highest BCUT2D eigenvalue weighted by Crippen LogP contribution is 2.18. The van der Waals surface area contributed by atoms with Crippen LogP contribution in [0.5, 0.6) is 0 Å². The minimum Gasteiger partial charge on any atom is -0.360 e. The van der Waals surface area contributed by atoms with Crippen LogP contribution in [-0.4, -0.2) is 32.1 Å². The lowest BCUT2D eigenvalue weighted by Crippen LogP contribution is -3.13. The Morgan fingerprint density at radius 3 is 2.31 bits per heavy atom. The molecule has 0 atom stereocenters. The van der Waals surface area contributed by atoms with Gasteiger partial charge in [-0.05, 0) is 30.2 Å². The zero-order chi connectivity index (χ0) is 18.4. The average molecular weight is 353 g/mol. The number of piperazine rings is 1. The molecule has 2 aromatic rings. The van der Waals surface area contributed by atoms with Crippen molar-refractivity contribution in [1.82, 2.24) is 0 Å². The monoisotopic (exact) mass is 352 g/mol. The molecule has 1 amide bonds. The maximum atomic E-state index is 11.9. The van der Waals surface area contributed by atoms with E-state index in [0.29, 0.717) is 12.3 Å². The van der Waals surface area contributed by atoms with Crippen LogP contribution in [0.2, 0.25) is 0 Å². The highest BCUT2D eigenvalue weighted by atomic mass is 16.1. The van der Waals surface area contributed by atoms with Crippen LogP contribution in [-0.2, 0) is 11.3 Å². The quantitative estimate of drug-likeness (QED) is 0.838. The van der Waals surface area contributed by atoms with Gasteiger partial charge in [-0.1, -0.05) is 44.2 Å². The fraction of sp³-hybridized carbons (Fsp3) is 0.409. The van der Waals surface area contributed by atoms with Gasteiger partial charge in [0.05, 0.1) is 26.2 Å². The topological polar surface area (TPSA) is 36.8 Å². The zero-order valence-corrected chi connectivity index (χ0v) is 15.9. The number of nitrogens with one attached hydrogen (secondary N) is 2. The SMILES string of the molecule is CC(C)CC(=O)Nc1ccc(N2CC[NH+](Cc3ccccc3)CC2)cc1. The second kappa shape index (κ2) is 8.86. The van der Waals surface area contributed by atoms with Crippen LogP contribution in [0, 0.1) is 5.92 Å². The Morgan fingerprint density at radius 1 is 1.04 bits per heavy atom. The number of carbonyl (C=O) groups excluding carboxylic acids is 1. The highest BCUT2D eigenvalue weighted by Gasteiger charge is 2.20. The van der Waals surface area contributed by atoms with Crippen molar-refractivity contribution in [2.45, 2.75) is 26.8 Å². The largest absolute Gasteiger partial charge is 0.360 e. The number of quaternary nitrogens is 1. The predicted molar refractivity (Wildman–Crippen MR) is 108 cm³/mol. The summed E-state index contributed by atoms with van der Waals surface area (Å²) in [6.07, 6.45) is 0.563. The second-order valence-corrected chi connectivity index (χ2v) is 7.59. The van der Waals surface area contributed by atoms with Crippen LogP contribution in [0.15, 0.2) is 54.6 Å². The van der Waals surface area contributed by atoms with E-state index in [4.69, 9.17) is 0 Å². The van der Waals surface area contributed by atoms with Crippen molar-refractivity contribution in [2.75, 3.05) is 36.4 Å². The summed E-state index contributed by atoms with van der Waals surface area (Å²) in [5, 5.41) is 2.98. The number of amides is 1. The summed E-state index contributed by atoms with van der Waals surface area (Å²) >= 11 is 0. The molecule has 1 heterocycles. The maximum Gasteiger partial charge on any atom is 0.224 e. The first-order chi connectivity index (χ1) is 12.6. The van der Waals surface area contributed by atoms with Crippen LogP contribution in [0.4, 0.5) is 11.4 Å². The lowest BCUT2D eigenvalue weighted by Gasteiger charge is -2.33. The van der Waals surface area contributed by atoms with Crippen LogP contribution in [0.1, 0.15) is 25.8 Å². The number of hydrogen-bond acceptors (Lipinski definition) is 2. The molecule has 3 rings (SSSR count). The van der Waals surface area contributed by atoms with Gasteiger partial charge in [-0.15, -0.1) is 0 Å². The zero-order valence-electron chi connectivity index (χ0n) is 15.9. The first kappa shape index (κ1) is 18.5. The number of hydrogen-bond donors (Lipinski definition) is 2. The van der Waals surface area contributed by atoms with E-state index in [9.17, 15) is 4.79 Å². The number of carbonyl (C=O) groups is 1. The van der Waals surface area contributed by atoms with Crippen molar-refractivity contribution < 1.29 is 9.69 Å². The number of anilines is 2. The lowest BCUT2D eigenvalue weighted by molar-refractivity contribution is -0.914. The van der Waals surface area contributed by atoms with Gasteiger partial charge in [-0.25, -0.2) is 0 Å². The summed E-state index contributed by atoms with van der Waals surface area (Å²) in [7, 11) is 0. The van der Waals surface area contributed by atoms with Crippen LogP contribution in [0.25, 0.3) is 0 Å². The van der Waals surface area contributed by atoms with Crippen molar-refractivity contribution in [3.63, 3.8) is 0 Å². The first-order valence-corrected chi connectivity index (χ1v) is 9.62. The molecule has 4 heteroatoms. The van der Waals surface area contributed by atoms with Crippen LogP contribution < -0.4 is 15.1 Å². The fourth-order valence-electron chi connectivity index (χ4n) is 3.48. The molecule has 0 unspecified atom stereocenters. The lowest BCUT2D eigenvalue weighted by atomic mass is 10.1. The second-order valence-electron chi connectivity index (χ2n) is 7.59. The molecule has 4 nitrogen and oxygen atoms in total. The Kier molecular flexibility index (Phi) is 6.29. The van der Waals surface area contributed by atoms with E-state index >= 15 is 0 Å². The third-order valence-corrected chi connectivity index (χ3v) is 4.88. The number of rotatable bonds is 6. The molecule has 0 saturated carbocycles. The average Bonchev–Trinajstić information content (AvgIpc) is 2.63. The third-order valence-electron chi connectivity index (χ3n) is 4.88. The van der Waals surface area contributed by atoms with E-state index in [-0.39, 0.29) is 5.91 Å². The molecule has 0 spiro atoms. The van der Waals surface area contributed by atoms with Gasteiger partial charge in [0.15, 0.2) is 0 Å². The van der Waals surface area contributed by atoms with Crippen LogP contribution in [0.3, 0.4) is 0 Å². The Labute approximate surface area is 156 Å². The molecule has 1 aliphatic heterocycles. The smallest absolute Gasteiger partial charge is 0.224 e. The molecule has 138 valence electrons. The Balaban J connectivity index is 1.49. The van der Waals surface area contributed by atoms with Gasteiger partial charge in [0.25, 0.3) is 0 Å². The summed E-state index contributed by atoms with van der Waals surface area (Å²) < 4.78 is 0. The van der Waals surface area contributed by atoms with Crippen molar-refractivity contribution in [3.8, 4) is 0 Å². The fourth-order valence-corrected chi connectivity index (χ4v) is 3.48. The molecule has 26 heavy (non-hydrogen) atoms. The van der Waals surface area contributed by atoms with E-state index in [1.807, 2.05) is 12.1 Å². The molecule has 0 bridgehead atoms. The summed E-state index contributed by atoms with van der Waals surface area (Å²) in [6, 6.07) is 19.0. The summed E-state index contributed by atoms with van der Waals surface area (Å²) in [5.74, 6) is 0.467. The Morgan fingerprint density at radius 2 is 1.69 bits per heavy atom. The summed E-state index contributed by atoms with van der Waals surface area (Å²) in [5.41, 5.74) is 3.54. The van der Waals surface area contributed by atoms with E-state index < -0.39 is 0 Å². The van der Waals surface area contributed by atoms with E-state index in [2.05, 4.69) is 66.5 Å². The van der Waals surface area contributed by atoms with Gasteiger partial charge in [0, 0.05) is 23.4 Å². The molecule has 1 fully saturated rings. The minimum absolute atomic E-state index is 0.0888. The van der Waals surface area contributed by atoms with Crippen LogP contribution >= 0.6 is 0 Å². The minimum atomic E-state index is 0.0888. The molecule has 1 aliphatic rings. The van der Waals surface area contributed by atoms with Gasteiger partial charge >= 0.3 is 0 Å². The first-order valence-electron chi connectivity index (χ1n) is 9.62. The molecular weight excluding hydrogens is 322 g/mol. The molecular formula is C22H30N3O+. The standard InChI is InChI=1S/C22H29N3O/c1-18(2)16-22(26)23-20-8-10-21(11-9-20)25-14-12-24(13-15-25)17-19-6-4-3-5-7-19/h3-11,18H,12-17H2,1-2H3,(H,23,26)/p+1. The van der Waals surface area contributed by atoms with Gasteiger partial charge in [-0.2, -0.15) is 0 Å². The van der Waals surface area contributed by atoms with E-state index in [0.717, 1.165) is 38.4 Å². The van der Waals surface area contributed by atoms with Crippen molar-refractivity contribution >= 4 is 17.3 Å². The predicted octanol–water partition coefficient (Wildman–Crippen LogP) is 2.58. The normalized spacial score (nSPS) is 15.3. The van der Waals surface area contributed by atoms with Crippen molar-refractivity contribution in [2.24, 2.45) is 5.92 Å². The maximum absolute atomic E-state index is 11.9.